The van der Waals surface area contributed by atoms with Gasteiger partial charge in [-0.15, -0.1) is 13.2 Å². The van der Waals surface area contributed by atoms with Crippen LogP contribution in [0.4, 0.5) is 13.2 Å². The van der Waals surface area contributed by atoms with Gasteiger partial charge in [0.15, 0.2) is 0 Å². The van der Waals surface area contributed by atoms with Crippen LogP contribution in [0.15, 0.2) is 41.3 Å². The van der Waals surface area contributed by atoms with Crippen molar-refractivity contribution in [3.63, 3.8) is 0 Å². The lowest BCUT2D eigenvalue weighted by atomic mass is 9.94. The second kappa shape index (κ2) is 8.92. The number of halogens is 5. The normalized spacial score (nSPS) is 20.2. The summed E-state index contributed by atoms with van der Waals surface area (Å²) in [5, 5.41) is 10.1. The number of alkyl halides is 3. The third-order valence-electron chi connectivity index (χ3n) is 4.72. The van der Waals surface area contributed by atoms with Gasteiger partial charge in [-0.1, -0.05) is 35.3 Å². The smallest absolute Gasteiger partial charge is 0.404 e. The number of aliphatic hydroxyl groups is 1. The van der Waals surface area contributed by atoms with Crippen LogP contribution in [0.1, 0.15) is 25.7 Å². The minimum atomic E-state index is -5.10. The number of sulfonamides is 1. The first-order valence-corrected chi connectivity index (χ1v) is 11.2. The summed E-state index contributed by atoms with van der Waals surface area (Å²) >= 11 is 12.0. The molecule has 0 aliphatic heterocycles. The Morgan fingerprint density at radius 1 is 1.03 bits per heavy atom. The fourth-order valence-corrected chi connectivity index (χ4v) is 5.23. The molecule has 0 amide bonds. The zero-order valence-corrected chi connectivity index (χ0v) is 17.7. The molecule has 0 heterocycles. The summed E-state index contributed by atoms with van der Waals surface area (Å²) in [6.45, 7) is 0. The van der Waals surface area contributed by atoms with Crippen molar-refractivity contribution in [3.8, 4) is 16.9 Å². The highest BCUT2D eigenvalue weighted by Gasteiger charge is 2.35. The summed E-state index contributed by atoms with van der Waals surface area (Å²) in [5.41, 5.74) is 0.599. The van der Waals surface area contributed by atoms with Crippen LogP contribution < -0.4 is 9.46 Å². The van der Waals surface area contributed by atoms with Crippen LogP contribution in [0.5, 0.6) is 5.75 Å². The van der Waals surface area contributed by atoms with Crippen molar-refractivity contribution in [3.05, 3.63) is 46.4 Å². The first-order chi connectivity index (χ1) is 13.9. The highest BCUT2D eigenvalue weighted by Crippen LogP contribution is 2.37. The van der Waals surface area contributed by atoms with Gasteiger partial charge in [-0.05, 0) is 55.5 Å². The van der Waals surface area contributed by atoms with Gasteiger partial charge in [0.2, 0.25) is 10.0 Å². The van der Waals surface area contributed by atoms with Gasteiger partial charge in [-0.3, -0.25) is 0 Å². The predicted molar refractivity (Wildman–Crippen MR) is 107 cm³/mol. The lowest BCUT2D eigenvalue weighted by molar-refractivity contribution is -0.275. The van der Waals surface area contributed by atoms with Gasteiger partial charge in [0.1, 0.15) is 10.6 Å². The van der Waals surface area contributed by atoms with Crippen molar-refractivity contribution in [2.45, 2.75) is 49.1 Å². The summed E-state index contributed by atoms with van der Waals surface area (Å²) in [4.78, 5) is -0.639. The monoisotopic (exact) mass is 483 g/mol. The molecule has 2 aromatic rings. The maximum Gasteiger partial charge on any atom is 0.573 e. The van der Waals surface area contributed by atoms with Gasteiger partial charge in [-0.2, -0.15) is 0 Å². The van der Waals surface area contributed by atoms with Crippen molar-refractivity contribution >= 4 is 33.2 Å². The molecule has 3 rings (SSSR count). The molecule has 11 heteroatoms. The third-order valence-corrected chi connectivity index (χ3v) is 6.83. The molecule has 5 nitrogen and oxygen atoms in total. The topological polar surface area (TPSA) is 75.6 Å². The average Bonchev–Trinajstić information content (AvgIpc) is 2.62. The molecule has 164 valence electrons. The quantitative estimate of drug-likeness (QED) is 0.617. The summed E-state index contributed by atoms with van der Waals surface area (Å²) in [6, 6.07) is 7.32. The lowest BCUT2D eigenvalue weighted by Crippen LogP contribution is -2.38. The Morgan fingerprint density at radius 3 is 2.30 bits per heavy atom. The molecule has 1 aliphatic rings. The zero-order chi connectivity index (χ0) is 22.1. The molecule has 0 unspecified atom stereocenters. The second-order valence-corrected chi connectivity index (χ2v) is 9.49. The van der Waals surface area contributed by atoms with Crippen LogP contribution in [0.3, 0.4) is 0 Å². The fraction of sp³-hybridized carbons (Fsp3) is 0.368. The number of rotatable bonds is 5. The molecular formula is C19H18Cl2F3NO4S. The molecule has 2 aromatic carbocycles. The SMILES string of the molecule is O=S(=O)(N[C@H]1CC[C@H](O)CC1)c1ccc(-c2ccc(Cl)cc2Cl)cc1OC(F)(F)F. The highest BCUT2D eigenvalue weighted by molar-refractivity contribution is 7.89. The van der Waals surface area contributed by atoms with E-state index in [1.54, 1.807) is 0 Å². The van der Waals surface area contributed by atoms with Crippen molar-refractivity contribution in [1.29, 1.82) is 0 Å². The standard InChI is InChI=1S/C19H18Cl2F3NO4S/c20-12-2-7-15(16(21)10-12)11-1-8-18(17(9-11)29-19(22,23)24)30(27,28)25-13-3-5-14(26)6-4-13/h1-2,7-10,13-14,25-26H,3-6H2/t13-,14-. The molecule has 1 fully saturated rings. The maximum atomic E-state index is 13.0. The highest BCUT2D eigenvalue weighted by atomic mass is 35.5. The molecule has 0 aromatic heterocycles. The van der Waals surface area contributed by atoms with E-state index in [9.17, 15) is 26.7 Å². The van der Waals surface area contributed by atoms with Gasteiger partial charge in [-0.25, -0.2) is 13.1 Å². The fourth-order valence-electron chi connectivity index (χ4n) is 3.30. The molecule has 30 heavy (non-hydrogen) atoms. The molecule has 1 aliphatic carbocycles. The lowest BCUT2D eigenvalue weighted by Gasteiger charge is -2.26. The zero-order valence-electron chi connectivity index (χ0n) is 15.4. The Hall–Kier alpha value is -1.52. The molecule has 0 radical (unpaired) electrons. The molecule has 0 atom stereocenters. The first-order valence-electron chi connectivity index (χ1n) is 9.00. The molecule has 0 spiro atoms. The number of ether oxygens (including phenoxy) is 1. The van der Waals surface area contributed by atoms with Crippen molar-refractivity contribution in [2.75, 3.05) is 0 Å². The van der Waals surface area contributed by atoms with E-state index in [1.807, 2.05) is 0 Å². The number of nitrogens with one attached hydrogen (secondary N) is 1. The Labute approximate surface area is 181 Å². The van der Waals surface area contributed by atoms with Crippen molar-refractivity contribution in [2.24, 2.45) is 0 Å². The van der Waals surface area contributed by atoms with E-state index in [4.69, 9.17) is 23.2 Å². The van der Waals surface area contributed by atoms with Gasteiger partial charge >= 0.3 is 6.36 Å². The van der Waals surface area contributed by atoms with E-state index in [1.165, 1.54) is 24.3 Å². The molecule has 1 saturated carbocycles. The molecule has 2 N–H and O–H groups in total. The van der Waals surface area contributed by atoms with Crippen LogP contribution in [-0.2, 0) is 10.0 Å². The van der Waals surface area contributed by atoms with Crippen LogP contribution >= 0.6 is 23.2 Å². The largest absolute Gasteiger partial charge is 0.573 e. The summed E-state index contributed by atoms with van der Waals surface area (Å²) in [7, 11) is -4.31. The van der Waals surface area contributed by atoms with Gasteiger partial charge in [0.05, 0.1) is 6.10 Å². The number of hydrogen-bond donors (Lipinski definition) is 2. The van der Waals surface area contributed by atoms with Crippen LogP contribution in [0.25, 0.3) is 11.1 Å². The van der Waals surface area contributed by atoms with Crippen LogP contribution in [0, 0.1) is 0 Å². The molecule has 0 bridgehead atoms. The Morgan fingerprint density at radius 2 is 1.70 bits per heavy atom. The van der Waals surface area contributed by atoms with E-state index >= 15 is 0 Å². The Bertz CT molecular complexity index is 1020. The van der Waals surface area contributed by atoms with Gasteiger partial charge in [0, 0.05) is 21.7 Å². The maximum absolute atomic E-state index is 13.0. The van der Waals surface area contributed by atoms with Crippen LogP contribution in [0.2, 0.25) is 10.0 Å². The number of hydrogen-bond acceptors (Lipinski definition) is 4. The van der Waals surface area contributed by atoms with Crippen LogP contribution in [-0.4, -0.2) is 32.0 Å². The molecular weight excluding hydrogens is 466 g/mol. The minimum Gasteiger partial charge on any atom is -0.404 e. The van der Waals surface area contributed by atoms with E-state index in [2.05, 4.69) is 9.46 Å². The first kappa shape index (κ1) is 23.1. The predicted octanol–water partition coefficient (Wildman–Crippen LogP) is 5.14. The second-order valence-electron chi connectivity index (χ2n) is 6.96. The molecule has 0 saturated heterocycles. The van der Waals surface area contributed by atoms with E-state index in [0.717, 1.165) is 12.1 Å². The van der Waals surface area contributed by atoms with E-state index < -0.39 is 39.2 Å². The van der Waals surface area contributed by atoms with Gasteiger partial charge in [0.25, 0.3) is 0 Å². The Balaban J connectivity index is 1.98. The minimum absolute atomic E-state index is 0.190. The van der Waals surface area contributed by atoms with Crippen molar-refractivity contribution in [1.82, 2.24) is 4.72 Å². The summed E-state index contributed by atoms with van der Waals surface area (Å²) in [6.07, 6.45) is -4.01. The van der Waals surface area contributed by atoms with Crippen molar-refractivity contribution < 1.29 is 31.4 Å². The third kappa shape index (κ3) is 5.79. The van der Waals surface area contributed by atoms with E-state index in [0.29, 0.717) is 36.3 Å². The van der Waals surface area contributed by atoms with Gasteiger partial charge < -0.3 is 9.84 Å². The average molecular weight is 484 g/mol. The Kier molecular flexibility index (Phi) is 6.88. The summed E-state index contributed by atoms with van der Waals surface area (Å²) in [5.74, 6) is -0.866. The summed E-state index contributed by atoms with van der Waals surface area (Å²) < 4.78 is 70.9. The van der Waals surface area contributed by atoms with E-state index in [-0.39, 0.29) is 10.6 Å². The number of aliphatic hydroxyl groups excluding tert-OH is 1. The number of benzene rings is 2.